The third-order valence-corrected chi connectivity index (χ3v) is 5.10. The summed E-state index contributed by atoms with van der Waals surface area (Å²) in [6, 6.07) is 8.08. The minimum absolute atomic E-state index is 0.241. The van der Waals surface area contributed by atoms with Gasteiger partial charge >= 0.3 is 12.0 Å². The first kappa shape index (κ1) is 19.0. The van der Waals surface area contributed by atoms with Crippen molar-refractivity contribution in [2.24, 2.45) is 0 Å². The molecule has 142 valence electrons. The van der Waals surface area contributed by atoms with E-state index >= 15 is 0 Å². The highest BCUT2D eigenvalue weighted by atomic mass is 35.5. The molecule has 2 heterocycles. The van der Waals surface area contributed by atoms with Gasteiger partial charge in [-0.1, -0.05) is 23.7 Å². The van der Waals surface area contributed by atoms with E-state index in [1.54, 1.807) is 33.0 Å². The molecule has 27 heavy (non-hydrogen) atoms. The molecule has 3 rings (SSSR count). The highest BCUT2D eigenvalue weighted by Crippen LogP contribution is 2.35. The normalized spacial score (nSPS) is 17.1. The molecule has 1 aliphatic heterocycles. The van der Waals surface area contributed by atoms with Crippen LogP contribution < -0.4 is 5.32 Å². The summed E-state index contributed by atoms with van der Waals surface area (Å²) in [5.41, 5.74) is 2.62. The van der Waals surface area contributed by atoms with Crippen LogP contribution in [0.5, 0.6) is 0 Å². The molecule has 1 atom stereocenters. The summed E-state index contributed by atoms with van der Waals surface area (Å²) in [5.74, 6) is 0.580. The molecule has 1 N–H and O–H groups in total. The van der Waals surface area contributed by atoms with E-state index in [0.29, 0.717) is 27.8 Å². The van der Waals surface area contributed by atoms with Gasteiger partial charge in [0.1, 0.15) is 17.6 Å². The number of amides is 2. The molecular weight excluding hydrogens is 368 g/mol. The van der Waals surface area contributed by atoms with Gasteiger partial charge in [0.15, 0.2) is 0 Å². The fourth-order valence-electron chi connectivity index (χ4n) is 3.05. The summed E-state index contributed by atoms with van der Waals surface area (Å²) >= 11 is 6.20. The minimum atomic E-state index is -0.721. The van der Waals surface area contributed by atoms with Crippen LogP contribution in [0.2, 0.25) is 5.02 Å². The number of nitrogens with one attached hydrogen (secondary N) is 1. The predicted octanol–water partition coefficient (Wildman–Crippen LogP) is 4.44. The number of allylic oxidation sites excluding steroid dienone is 1. The Labute approximate surface area is 162 Å². The molecule has 1 aromatic heterocycles. The highest BCUT2D eigenvalue weighted by Gasteiger charge is 2.36. The van der Waals surface area contributed by atoms with Gasteiger partial charge in [-0.3, -0.25) is 0 Å². The van der Waals surface area contributed by atoms with Crippen molar-refractivity contribution in [3.8, 4) is 11.3 Å². The Bertz CT molecular complexity index is 932. The fraction of sp³-hybridized carbons (Fsp3) is 0.300. The molecule has 1 aliphatic rings. The van der Waals surface area contributed by atoms with E-state index in [0.717, 1.165) is 11.1 Å². The summed E-state index contributed by atoms with van der Waals surface area (Å²) in [7, 11) is 1.60. The van der Waals surface area contributed by atoms with Crippen LogP contribution in [0.3, 0.4) is 0 Å². The first-order valence-corrected chi connectivity index (χ1v) is 9.00. The van der Waals surface area contributed by atoms with E-state index in [9.17, 15) is 9.59 Å². The number of carbonyl (C=O) groups is 2. The van der Waals surface area contributed by atoms with Gasteiger partial charge in [-0.05, 0) is 44.5 Å². The topological polar surface area (TPSA) is 71.8 Å². The number of benzene rings is 1. The lowest BCUT2D eigenvalue weighted by Gasteiger charge is -2.31. The number of furan rings is 1. The van der Waals surface area contributed by atoms with Gasteiger partial charge in [-0.25, -0.2) is 9.59 Å². The molecule has 2 amide bonds. The lowest BCUT2D eigenvalue weighted by molar-refractivity contribution is -0.139. The smallest absolute Gasteiger partial charge is 0.338 e. The zero-order valence-corrected chi connectivity index (χ0v) is 16.4. The van der Waals surface area contributed by atoms with Crippen LogP contribution in [0, 0.1) is 6.92 Å². The Hall–Kier alpha value is -2.73. The first-order chi connectivity index (χ1) is 12.8. The zero-order valence-electron chi connectivity index (χ0n) is 15.6. The highest BCUT2D eigenvalue weighted by molar-refractivity contribution is 6.31. The van der Waals surface area contributed by atoms with Gasteiger partial charge < -0.3 is 19.4 Å². The standard InChI is InChI=1S/C20H21ClN2O4/c1-5-26-19(24)17-12(3)23(4)20(25)22-18(17)16-10-9-15(27-16)13-7-6-8-14(21)11(13)2/h6-10,18H,5H2,1-4H3,(H,22,25). The van der Waals surface area contributed by atoms with Crippen LogP contribution in [0.25, 0.3) is 11.3 Å². The molecule has 7 heteroatoms. The van der Waals surface area contributed by atoms with E-state index in [-0.39, 0.29) is 12.6 Å². The minimum Gasteiger partial charge on any atom is -0.463 e. The number of halogens is 1. The van der Waals surface area contributed by atoms with Gasteiger partial charge in [-0.15, -0.1) is 0 Å². The molecule has 0 bridgehead atoms. The quantitative estimate of drug-likeness (QED) is 0.786. The number of carbonyl (C=O) groups excluding carboxylic acids is 2. The molecule has 1 unspecified atom stereocenters. The number of hydrogen-bond donors (Lipinski definition) is 1. The van der Waals surface area contributed by atoms with Crippen molar-refractivity contribution in [3.05, 3.63) is 57.9 Å². The van der Waals surface area contributed by atoms with Crippen molar-refractivity contribution >= 4 is 23.6 Å². The van der Waals surface area contributed by atoms with Crippen LogP contribution in [0.4, 0.5) is 4.79 Å². The monoisotopic (exact) mass is 388 g/mol. The van der Waals surface area contributed by atoms with Crippen LogP contribution >= 0.6 is 11.6 Å². The third kappa shape index (κ3) is 3.45. The maximum Gasteiger partial charge on any atom is 0.338 e. The lowest BCUT2D eigenvalue weighted by Crippen LogP contribution is -2.46. The number of hydrogen-bond acceptors (Lipinski definition) is 4. The van der Waals surface area contributed by atoms with Crippen molar-refractivity contribution in [3.63, 3.8) is 0 Å². The Balaban J connectivity index is 2.04. The second-order valence-corrected chi connectivity index (χ2v) is 6.68. The second kappa shape index (κ2) is 7.48. The van der Waals surface area contributed by atoms with Crippen LogP contribution in [-0.2, 0) is 9.53 Å². The van der Waals surface area contributed by atoms with Crippen molar-refractivity contribution < 1.29 is 18.7 Å². The van der Waals surface area contributed by atoms with E-state index in [1.165, 1.54) is 4.90 Å². The lowest BCUT2D eigenvalue weighted by atomic mass is 10.00. The van der Waals surface area contributed by atoms with E-state index in [2.05, 4.69) is 5.32 Å². The summed E-state index contributed by atoms with van der Waals surface area (Å²) in [6.45, 7) is 5.60. The molecule has 0 fully saturated rings. The van der Waals surface area contributed by atoms with Gasteiger partial charge in [0.25, 0.3) is 0 Å². The Kier molecular flexibility index (Phi) is 5.28. The summed E-state index contributed by atoms with van der Waals surface area (Å²) < 4.78 is 11.2. The molecule has 6 nitrogen and oxygen atoms in total. The number of nitrogens with zero attached hydrogens (tertiary/aromatic N) is 1. The summed E-state index contributed by atoms with van der Waals surface area (Å²) in [5, 5.41) is 3.44. The number of urea groups is 1. The van der Waals surface area contributed by atoms with Crippen molar-refractivity contribution in [1.29, 1.82) is 0 Å². The van der Waals surface area contributed by atoms with Gasteiger partial charge in [-0.2, -0.15) is 0 Å². The molecule has 0 saturated carbocycles. The largest absolute Gasteiger partial charge is 0.463 e. The summed E-state index contributed by atoms with van der Waals surface area (Å²) in [4.78, 5) is 26.1. The molecular formula is C20H21ClN2O4. The molecule has 0 radical (unpaired) electrons. The maximum absolute atomic E-state index is 12.5. The van der Waals surface area contributed by atoms with Crippen molar-refractivity contribution in [1.82, 2.24) is 10.2 Å². The van der Waals surface area contributed by atoms with Gasteiger partial charge in [0, 0.05) is 23.3 Å². The Morgan fingerprint density at radius 1 is 1.30 bits per heavy atom. The third-order valence-electron chi connectivity index (χ3n) is 4.69. The molecule has 0 aliphatic carbocycles. The van der Waals surface area contributed by atoms with Crippen LogP contribution in [0.15, 0.2) is 46.0 Å². The van der Waals surface area contributed by atoms with E-state index < -0.39 is 12.0 Å². The predicted molar refractivity (Wildman–Crippen MR) is 102 cm³/mol. The number of ether oxygens (including phenoxy) is 1. The average molecular weight is 389 g/mol. The molecule has 2 aromatic rings. The Morgan fingerprint density at radius 2 is 2.04 bits per heavy atom. The van der Waals surface area contributed by atoms with Gasteiger partial charge in [0.2, 0.25) is 0 Å². The number of esters is 1. The van der Waals surface area contributed by atoms with Crippen molar-refractivity contribution in [2.75, 3.05) is 13.7 Å². The molecule has 0 spiro atoms. The Morgan fingerprint density at radius 3 is 2.74 bits per heavy atom. The van der Waals surface area contributed by atoms with E-state index in [4.69, 9.17) is 20.8 Å². The summed E-state index contributed by atoms with van der Waals surface area (Å²) in [6.07, 6.45) is 0. The van der Waals surface area contributed by atoms with Gasteiger partial charge in [0.05, 0.1) is 12.2 Å². The molecule has 0 saturated heterocycles. The maximum atomic E-state index is 12.5. The fourth-order valence-corrected chi connectivity index (χ4v) is 3.22. The van der Waals surface area contributed by atoms with E-state index in [1.807, 2.05) is 25.1 Å². The average Bonchev–Trinajstić information content (AvgIpc) is 3.11. The zero-order chi connectivity index (χ0) is 19.7. The second-order valence-electron chi connectivity index (χ2n) is 6.28. The number of rotatable bonds is 4. The first-order valence-electron chi connectivity index (χ1n) is 8.62. The van der Waals surface area contributed by atoms with Crippen LogP contribution in [-0.4, -0.2) is 30.6 Å². The SMILES string of the molecule is CCOC(=O)C1=C(C)N(C)C(=O)NC1c1ccc(-c2cccc(Cl)c2C)o1. The molecule has 1 aromatic carbocycles. The van der Waals surface area contributed by atoms with Crippen molar-refractivity contribution in [2.45, 2.75) is 26.8 Å². The van der Waals surface area contributed by atoms with Crippen LogP contribution in [0.1, 0.15) is 31.2 Å².